The highest BCUT2D eigenvalue weighted by Crippen LogP contribution is 2.18. The standard InChI is InChI=1S/C11H14Br/c1-9(2)7-8-10-5-3-4-6-11(10)12/h3-4,6,9H,7-8H2,1-2H3. The Bertz CT molecular complexity index is 241. The maximum absolute atomic E-state index is 3.52. The van der Waals surface area contributed by atoms with Gasteiger partial charge >= 0.3 is 0 Å². The Labute approximate surface area is 83.1 Å². The summed E-state index contributed by atoms with van der Waals surface area (Å²) in [6, 6.07) is 9.30. The van der Waals surface area contributed by atoms with Gasteiger partial charge in [-0.3, -0.25) is 0 Å². The van der Waals surface area contributed by atoms with Crippen LogP contribution in [-0.4, -0.2) is 0 Å². The van der Waals surface area contributed by atoms with Crippen LogP contribution in [0.5, 0.6) is 0 Å². The lowest BCUT2D eigenvalue weighted by atomic mass is 10.0. The van der Waals surface area contributed by atoms with Gasteiger partial charge in [0.1, 0.15) is 0 Å². The van der Waals surface area contributed by atoms with Crippen molar-refractivity contribution in [2.75, 3.05) is 0 Å². The molecule has 12 heavy (non-hydrogen) atoms. The van der Waals surface area contributed by atoms with E-state index in [9.17, 15) is 0 Å². The summed E-state index contributed by atoms with van der Waals surface area (Å²) in [5, 5.41) is 0. The number of hydrogen-bond donors (Lipinski definition) is 0. The maximum atomic E-state index is 3.52. The number of rotatable bonds is 3. The van der Waals surface area contributed by atoms with E-state index in [0.29, 0.717) is 0 Å². The molecule has 0 aliphatic rings. The van der Waals surface area contributed by atoms with Crippen molar-refractivity contribution in [3.63, 3.8) is 0 Å². The van der Waals surface area contributed by atoms with Crippen LogP contribution in [0.25, 0.3) is 0 Å². The van der Waals surface area contributed by atoms with Crippen molar-refractivity contribution in [1.29, 1.82) is 0 Å². The van der Waals surface area contributed by atoms with Gasteiger partial charge in [-0.1, -0.05) is 41.9 Å². The van der Waals surface area contributed by atoms with Crippen LogP contribution >= 0.6 is 15.9 Å². The van der Waals surface area contributed by atoms with E-state index in [2.05, 4.69) is 41.9 Å². The maximum Gasteiger partial charge on any atom is 0.0213 e. The molecule has 0 saturated heterocycles. The minimum Gasteiger partial charge on any atom is -0.0628 e. The molecular formula is C11H14Br. The molecule has 1 radical (unpaired) electrons. The first-order valence-electron chi connectivity index (χ1n) is 4.35. The summed E-state index contributed by atoms with van der Waals surface area (Å²) in [7, 11) is 0. The summed E-state index contributed by atoms with van der Waals surface area (Å²) in [5.41, 5.74) is 1.30. The molecule has 0 heterocycles. The van der Waals surface area contributed by atoms with Gasteiger partial charge in [-0.05, 0) is 36.5 Å². The molecule has 0 fully saturated rings. The summed E-state index contributed by atoms with van der Waals surface area (Å²) in [6.07, 6.45) is 2.36. The zero-order chi connectivity index (χ0) is 8.97. The average Bonchev–Trinajstić information content (AvgIpc) is 2.03. The van der Waals surface area contributed by atoms with Crippen molar-refractivity contribution in [2.45, 2.75) is 26.7 Å². The quantitative estimate of drug-likeness (QED) is 0.734. The third-order valence-corrected chi connectivity index (χ3v) is 2.60. The van der Waals surface area contributed by atoms with E-state index in [1.54, 1.807) is 0 Å². The minimum atomic E-state index is 0.769. The van der Waals surface area contributed by atoms with Gasteiger partial charge in [0.15, 0.2) is 0 Å². The number of hydrogen-bond acceptors (Lipinski definition) is 0. The van der Waals surface area contributed by atoms with E-state index in [1.807, 2.05) is 12.1 Å². The highest BCUT2D eigenvalue weighted by atomic mass is 79.9. The highest BCUT2D eigenvalue weighted by molar-refractivity contribution is 9.10. The molecule has 0 unspecified atom stereocenters. The van der Waals surface area contributed by atoms with E-state index in [4.69, 9.17) is 0 Å². The van der Waals surface area contributed by atoms with Crippen molar-refractivity contribution < 1.29 is 0 Å². The molecule has 1 aromatic rings. The topological polar surface area (TPSA) is 0 Å². The largest absolute Gasteiger partial charge is 0.0628 e. The van der Waals surface area contributed by atoms with Crippen LogP contribution in [-0.2, 0) is 6.42 Å². The van der Waals surface area contributed by atoms with Crippen LogP contribution in [0.3, 0.4) is 0 Å². The molecule has 0 N–H and O–H groups in total. The second kappa shape index (κ2) is 4.66. The van der Waals surface area contributed by atoms with E-state index < -0.39 is 0 Å². The molecule has 1 heteroatoms. The summed E-state index contributed by atoms with van der Waals surface area (Å²) in [5.74, 6) is 0.769. The van der Waals surface area contributed by atoms with Crippen LogP contribution < -0.4 is 0 Å². The predicted molar refractivity (Wildman–Crippen MR) is 56.1 cm³/mol. The number of benzene rings is 1. The molecule has 0 aliphatic heterocycles. The predicted octanol–water partition coefficient (Wildman–Crippen LogP) is 3.84. The van der Waals surface area contributed by atoms with Gasteiger partial charge in [0.25, 0.3) is 0 Å². The molecular weight excluding hydrogens is 212 g/mol. The Morgan fingerprint density at radius 3 is 2.83 bits per heavy atom. The normalized spacial score (nSPS) is 10.7. The van der Waals surface area contributed by atoms with Crippen molar-refractivity contribution >= 4 is 15.9 Å². The lowest BCUT2D eigenvalue weighted by molar-refractivity contribution is 0.586. The van der Waals surface area contributed by atoms with E-state index >= 15 is 0 Å². The lowest BCUT2D eigenvalue weighted by Crippen LogP contribution is -1.92. The molecule has 0 bridgehead atoms. The number of halogens is 1. The van der Waals surface area contributed by atoms with Crippen LogP contribution in [0.4, 0.5) is 0 Å². The Morgan fingerprint density at radius 2 is 2.25 bits per heavy atom. The zero-order valence-electron chi connectivity index (χ0n) is 7.60. The third kappa shape index (κ3) is 2.98. The van der Waals surface area contributed by atoms with Crippen molar-refractivity contribution in [3.8, 4) is 0 Å². The van der Waals surface area contributed by atoms with Crippen LogP contribution in [0.2, 0.25) is 0 Å². The van der Waals surface area contributed by atoms with E-state index in [0.717, 1.165) is 12.3 Å². The first kappa shape index (κ1) is 9.79. The molecule has 0 atom stereocenters. The van der Waals surface area contributed by atoms with Gasteiger partial charge in [-0.2, -0.15) is 0 Å². The molecule has 1 aromatic carbocycles. The first-order valence-corrected chi connectivity index (χ1v) is 5.14. The Morgan fingerprint density at radius 1 is 1.50 bits per heavy atom. The fraction of sp³-hybridized carbons (Fsp3) is 0.455. The molecule has 0 spiro atoms. The Kier molecular flexibility index (Phi) is 3.80. The van der Waals surface area contributed by atoms with Gasteiger partial charge in [0.05, 0.1) is 0 Å². The van der Waals surface area contributed by atoms with Crippen molar-refractivity contribution in [1.82, 2.24) is 0 Å². The summed E-state index contributed by atoms with van der Waals surface area (Å²) >= 11 is 3.52. The van der Waals surface area contributed by atoms with Crippen LogP contribution in [0.15, 0.2) is 22.7 Å². The molecule has 0 amide bonds. The third-order valence-electron chi connectivity index (χ3n) is 1.86. The summed E-state index contributed by atoms with van der Waals surface area (Å²) in [6.45, 7) is 4.49. The van der Waals surface area contributed by atoms with E-state index in [-0.39, 0.29) is 0 Å². The minimum absolute atomic E-state index is 0.769. The Hall–Kier alpha value is -0.300. The SMILES string of the molecule is CC(C)CCc1[c]cccc1Br. The molecule has 0 nitrogen and oxygen atoms in total. The molecule has 0 aliphatic carbocycles. The van der Waals surface area contributed by atoms with Gasteiger partial charge in [0.2, 0.25) is 0 Å². The monoisotopic (exact) mass is 225 g/mol. The van der Waals surface area contributed by atoms with Gasteiger partial charge in [-0.25, -0.2) is 0 Å². The van der Waals surface area contributed by atoms with Crippen molar-refractivity contribution in [3.05, 3.63) is 34.3 Å². The van der Waals surface area contributed by atoms with Gasteiger partial charge in [-0.15, -0.1) is 0 Å². The first-order chi connectivity index (χ1) is 5.70. The van der Waals surface area contributed by atoms with Crippen molar-refractivity contribution in [2.24, 2.45) is 5.92 Å². The second-order valence-electron chi connectivity index (χ2n) is 3.43. The molecule has 65 valence electrons. The zero-order valence-corrected chi connectivity index (χ0v) is 9.19. The molecule has 0 saturated carbocycles. The number of aryl methyl sites for hydroxylation is 1. The fourth-order valence-electron chi connectivity index (χ4n) is 1.08. The summed E-state index contributed by atoms with van der Waals surface area (Å²) in [4.78, 5) is 0. The smallest absolute Gasteiger partial charge is 0.0213 e. The summed E-state index contributed by atoms with van der Waals surface area (Å²) < 4.78 is 1.19. The van der Waals surface area contributed by atoms with Gasteiger partial charge in [0, 0.05) is 4.47 Å². The molecule has 0 aromatic heterocycles. The van der Waals surface area contributed by atoms with Crippen LogP contribution in [0, 0.1) is 12.0 Å². The Balaban J connectivity index is 2.57. The van der Waals surface area contributed by atoms with Crippen LogP contribution in [0.1, 0.15) is 25.8 Å². The van der Waals surface area contributed by atoms with E-state index in [1.165, 1.54) is 16.5 Å². The molecule has 1 rings (SSSR count). The fourth-order valence-corrected chi connectivity index (χ4v) is 1.54. The highest BCUT2D eigenvalue weighted by Gasteiger charge is 2.00. The average molecular weight is 226 g/mol. The van der Waals surface area contributed by atoms with Gasteiger partial charge < -0.3 is 0 Å². The second-order valence-corrected chi connectivity index (χ2v) is 4.28. The lowest BCUT2D eigenvalue weighted by Gasteiger charge is -2.05.